The second kappa shape index (κ2) is 6.49. The van der Waals surface area contributed by atoms with E-state index in [-0.39, 0.29) is 39.9 Å². The summed E-state index contributed by atoms with van der Waals surface area (Å²) in [6.07, 6.45) is 0. The van der Waals surface area contributed by atoms with Gasteiger partial charge in [0.25, 0.3) is 5.56 Å². The van der Waals surface area contributed by atoms with Crippen LogP contribution < -0.4 is 40.2 Å². The summed E-state index contributed by atoms with van der Waals surface area (Å²) in [5.74, 6) is -1.11. The Kier molecular flexibility index (Phi) is 6.32. The number of ketones is 1. The molecule has 88 valence electrons. The summed E-state index contributed by atoms with van der Waals surface area (Å²) in [6, 6.07) is 0. The first-order valence-electron chi connectivity index (χ1n) is 5.01. The van der Waals surface area contributed by atoms with Crippen molar-refractivity contribution in [3.05, 3.63) is 20.7 Å². The van der Waals surface area contributed by atoms with Crippen LogP contribution in [-0.4, -0.2) is 14.9 Å². The smallest absolute Gasteiger partial charge is 0.859 e. The standard InChI is InChI=1S/C10H14N2O3S.Na/c1-4-11-8(14)7(6(3)13)9(15)12(5-2)10(11)16;/h14H,4-5H2,1-3H3;/q;+1/p-1. The zero-order valence-electron chi connectivity index (χ0n) is 10.4. The van der Waals surface area contributed by atoms with Gasteiger partial charge in [-0.3, -0.25) is 14.2 Å². The van der Waals surface area contributed by atoms with Crippen LogP contribution in [0.15, 0.2) is 4.79 Å². The van der Waals surface area contributed by atoms with Crippen molar-refractivity contribution in [1.29, 1.82) is 0 Å². The number of hydrogen-bond donors (Lipinski definition) is 0. The van der Waals surface area contributed by atoms with E-state index in [1.165, 1.54) is 16.1 Å². The van der Waals surface area contributed by atoms with E-state index in [4.69, 9.17) is 12.2 Å². The van der Waals surface area contributed by atoms with Gasteiger partial charge in [-0.05, 0) is 38.9 Å². The zero-order chi connectivity index (χ0) is 12.5. The molecule has 1 rings (SSSR count). The summed E-state index contributed by atoms with van der Waals surface area (Å²) < 4.78 is 2.69. The fraction of sp³-hybridized carbons (Fsp3) is 0.500. The maximum absolute atomic E-state index is 11.8. The molecule has 0 amide bonds. The van der Waals surface area contributed by atoms with Gasteiger partial charge in [-0.2, -0.15) is 0 Å². The normalized spacial score (nSPS) is 9.82. The van der Waals surface area contributed by atoms with Gasteiger partial charge >= 0.3 is 29.6 Å². The van der Waals surface area contributed by atoms with E-state index in [0.29, 0.717) is 13.1 Å². The van der Waals surface area contributed by atoms with Crippen LogP contribution in [0.1, 0.15) is 31.1 Å². The minimum atomic E-state index is -0.588. The van der Waals surface area contributed by atoms with Crippen LogP contribution in [0, 0.1) is 4.77 Å². The fourth-order valence-corrected chi connectivity index (χ4v) is 1.96. The van der Waals surface area contributed by atoms with Crippen molar-refractivity contribution >= 4 is 18.0 Å². The first-order valence-corrected chi connectivity index (χ1v) is 5.42. The molecule has 7 heteroatoms. The Hall–Kier alpha value is -0.430. The molecule has 5 nitrogen and oxygen atoms in total. The van der Waals surface area contributed by atoms with Gasteiger partial charge in [0.2, 0.25) is 0 Å². The fourth-order valence-electron chi connectivity index (χ4n) is 1.54. The van der Waals surface area contributed by atoms with Crippen molar-refractivity contribution in [3.63, 3.8) is 0 Å². The van der Waals surface area contributed by atoms with Gasteiger partial charge in [-0.1, -0.05) is 0 Å². The van der Waals surface area contributed by atoms with Crippen LogP contribution in [0.4, 0.5) is 0 Å². The van der Waals surface area contributed by atoms with E-state index in [0.717, 1.165) is 0 Å². The molecule has 0 aromatic carbocycles. The van der Waals surface area contributed by atoms with E-state index < -0.39 is 17.2 Å². The Bertz CT molecular complexity index is 548. The van der Waals surface area contributed by atoms with E-state index >= 15 is 0 Å². The van der Waals surface area contributed by atoms with E-state index in [2.05, 4.69) is 0 Å². The molecule has 0 radical (unpaired) electrons. The second-order valence-corrected chi connectivity index (χ2v) is 3.68. The third-order valence-corrected chi connectivity index (χ3v) is 2.81. The third-order valence-electron chi connectivity index (χ3n) is 2.36. The molecule has 0 fully saturated rings. The van der Waals surface area contributed by atoms with E-state index in [1.807, 2.05) is 0 Å². The number of Topliss-reactive ketones (excluding diaryl/α,β-unsaturated/α-hetero) is 1. The average Bonchev–Trinajstić information content (AvgIpc) is 2.18. The Balaban J connectivity index is 0.00000256. The van der Waals surface area contributed by atoms with Gasteiger partial charge in [0.15, 0.2) is 10.6 Å². The van der Waals surface area contributed by atoms with Crippen molar-refractivity contribution in [2.75, 3.05) is 0 Å². The third kappa shape index (κ3) is 2.88. The van der Waals surface area contributed by atoms with Gasteiger partial charge in [0.05, 0.1) is 5.56 Å². The predicted molar refractivity (Wildman–Crippen MR) is 60.3 cm³/mol. The van der Waals surface area contributed by atoms with Crippen LogP contribution >= 0.6 is 12.2 Å². The predicted octanol–water partition coefficient (Wildman–Crippen LogP) is -2.30. The Morgan fingerprint density at radius 2 is 1.76 bits per heavy atom. The number of hydrogen-bond acceptors (Lipinski definition) is 4. The largest absolute Gasteiger partial charge is 1.00 e. The van der Waals surface area contributed by atoms with Gasteiger partial charge in [-0.25, -0.2) is 0 Å². The molecular formula is C10H13N2NaO3S. The SMILES string of the molecule is CCn1c([O-])c(C(C)=O)c(=O)n(CC)c1=S.[Na+]. The maximum atomic E-state index is 11.8. The number of nitrogens with zero attached hydrogens (tertiary/aromatic N) is 2. The van der Waals surface area contributed by atoms with Crippen LogP contribution in [-0.2, 0) is 13.1 Å². The topological polar surface area (TPSA) is 67.1 Å². The van der Waals surface area contributed by atoms with Gasteiger partial charge in [0.1, 0.15) is 0 Å². The van der Waals surface area contributed by atoms with Gasteiger partial charge < -0.3 is 9.67 Å². The molecular weight excluding hydrogens is 251 g/mol. The van der Waals surface area contributed by atoms with Crippen LogP contribution in [0.25, 0.3) is 0 Å². The molecule has 0 aliphatic carbocycles. The maximum Gasteiger partial charge on any atom is 1.00 e. The minimum Gasteiger partial charge on any atom is -0.859 e. The molecule has 0 aliphatic heterocycles. The molecule has 0 atom stereocenters. The van der Waals surface area contributed by atoms with Crippen molar-refractivity contribution < 1.29 is 39.5 Å². The first kappa shape index (κ1) is 16.6. The monoisotopic (exact) mass is 264 g/mol. The van der Waals surface area contributed by atoms with E-state index in [9.17, 15) is 14.7 Å². The number of carbonyl (C=O) groups excluding carboxylic acids is 1. The molecule has 1 heterocycles. The number of carbonyl (C=O) groups is 1. The molecule has 0 unspecified atom stereocenters. The van der Waals surface area contributed by atoms with Crippen LogP contribution in [0.3, 0.4) is 0 Å². The van der Waals surface area contributed by atoms with Crippen molar-refractivity contribution in [1.82, 2.24) is 9.13 Å². The van der Waals surface area contributed by atoms with Crippen molar-refractivity contribution in [3.8, 4) is 5.88 Å². The summed E-state index contributed by atoms with van der Waals surface area (Å²) in [5.41, 5.74) is -0.896. The summed E-state index contributed by atoms with van der Waals surface area (Å²) in [6.45, 7) is 5.38. The molecule has 1 aromatic rings. The van der Waals surface area contributed by atoms with Gasteiger partial charge in [-0.15, -0.1) is 0 Å². The van der Waals surface area contributed by atoms with E-state index in [1.54, 1.807) is 13.8 Å². The summed E-state index contributed by atoms with van der Waals surface area (Å²) >= 11 is 5.03. The summed E-state index contributed by atoms with van der Waals surface area (Å²) in [4.78, 5) is 23.1. The van der Waals surface area contributed by atoms with Crippen molar-refractivity contribution in [2.45, 2.75) is 33.9 Å². The molecule has 0 aliphatic rings. The average molecular weight is 264 g/mol. The van der Waals surface area contributed by atoms with Crippen molar-refractivity contribution in [2.24, 2.45) is 0 Å². The Labute approximate surface area is 126 Å². The summed E-state index contributed by atoms with van der Waals surface area (Å²) in [7, 11) is 0. The molecule has 0 bridgehead atoms. The van der Waals surface area contributed by atoms with Crippen LogP contribution in [0.5, 0.6) is 5.88 Å². The number of rotatable bonds is 3. The summed E-state index contributed by atoms with van der Waals surface area (Å²) in [5, 5.41) is 11.8. The molecule has 0 saturated carbocycles. The minimum absolute atomic E-state index is 0. The second-order valence-electron chi connectivity index (χ2n) is 3.31. The Morgan fingerprint density at radius 3 is 2.12 bits per heavy atom. The Morgan fingerprint density at radius 1 is 1.29 bits per heavy atom. The van der Waals surface area contributed by atoms with Crippen LogP contribution in [0.2, 0.25) is 0 Å². The first-order chi connectivity index (χ1) is 7.45. The number of aromatic nitrogens is 2. The molecule has 1 aromatic heterocycles. The van der Waals surface area contributed by atoms with Gasteiger partial charge in [0, 0.05) is 13.1 Å². The molecule has 0 N–H and O–H groups in total. The quantitative estimate of drug-likeness (QED) is 0.350. The molecule has 0 saturated heterocycles. The molecule has 17 heavy (non-hydrogen) atoms. The zero-order valence-corrected chi connectivity index (χ0v) is 13.3. The molecule has 0 spiro atoms.